The highest BCUT2D eigenvalue weighted by atomic mass is 79.9. The molecule has 0 aliphatic rings. The molecule has 5 heteroatoms. The molecule has 112 valence electrons. The molecule has 0 heterocycles. The molecule has 21 heavy (non-hydrogen) atoms. The second-order valence-corrected chi connectivity index (χ2v) is 5.59. The summed E-state index contributed by atoms with van der Waals surface area (Å²) in [5.41, 5.74) is 1.55. The van der Waals surface area contributed by atoms with E-state index in [9.17, 15) is 8.78 Å². The molecular formula is C16H16BrF2NO. The van der Waals surface area contributed by atoms with Crippen LogP contribution in [0.15, 0.2) is 40.9 Å². The summed E-state index contributed by atoms with van der Waals surface area (Å²) in [6.45, 7) is 2.39. The van der Waals surface area contributed by atoms with Crippen molar-refractivity contribution in [2.75, 3.05) is 7.11 Å². The minimum absolute atomic E-state index is 0.123. The third kappa shape index (κ3) is 4.02. The number of methoxy groups -OCH3 is 1. The quantitative estimate of drug-likeness (QED) is 0.846. The van der Waals surface area contributed by atoms with Gasteiger partial charge in [-0.15, -0.1) is 0 Å². The van der Waals surface area contributed by atoms with Gasteiger partial charge in [0.15, 0.2) is 0 Å². The maximum atomic E-state index is 13.5. The monoisotopic (exact) mass is 355 g/mol. The maximum absolute atomic E-state index is 13.5. The number of hydrogen-bond donors (Lipinski definition) is 1. The number of hydrogen-bond acceptors (Lipinski definition) is 2. The Morgan fingerprint density at radius 1 is 1.19 bits per heavy atom. The van der Waals surface area contributed by atoms with E-state index in [1.807, 2.05) is 13.0 Å². The highest BCUT2D eigenvalue weighted by Crippen LogP contribution is 2.26. The Kier molecular flexibility index (Phi) is 5.31. The van der Waals surface area contributed by atoms with E-state index in [2.05, 4.69) is 21.2 Å². The molecule has 0 fully saturated rings. The highest BCUT2D eigenvalue weighted by Gasteiger charge is 2.12. The molecule has 0 aliphatic carbocycles. The molecule has 0 saturated heterocycles. The van der Waals surface area contributed by atoms with Gasteiger partial charge in [-0.1, -0.05) is 6.07 Å². The standard InChI is InChI=1S/C16H16BrF2NO/c1-10(13-8-12(18)4-6-16(13)21-2)20-9-11-3-5-14(17)15(19)7-11/h3-8,10,20H,9H2,1-2H3. The molecule has 0 bridgehead atoms. The van der Waals surface area contributed by atoms with Crippen LogP contribution in [-0.4, -0.2) is 7.11 Å². The predicted octanol–water partition coefficient (Wildman–Crippen LogP) is 4.59. The molecule has 2 nitrogen and oxygen atoms in total. The average molecular weight is 356 g/mol. The molecule has 0 amide bonds. The van der Waals surface area contributed by atoms with Crippen LogP contribution in [0.25, 0.3) is 0 Å². The lowest BCUT2D eigenvalue weighted by Crippen LogP contribution is -2.19. The van der Waals surface area contributed by atoms with E-state index < -0.39 is 0 Å². The van der Waals surface area contributed by atoms with Gasteiger partial charge in [0.25, 0.3) is 0 Å². The molecule has 0 saturated carbocycles. The van der Waals surface area contributed by atoms with Crippen LogP contribution in [0.1, 0.15) is 24.1 Å². The Morgan fingerprint density at radius 3 is 2.62 bits per heavy atom. The minimum Gasteiger partial charge on any atom is -0.496 e. The van der Waals surface area contributed by atoms with E-state index in [0.29, 0.717) is 16.8 Å². The maximum Gasteiger partial charge on any atom is 0.137 e. The Hall–Kier alpha value is -1.46. The lowest BCUT2D eigenvalue weighted by molar-refractivity contribution is 0.399. The smallest absolute Gasteiger partial charge is 0.137 e. The third-order valence-corrected chi connectivity index (χ3v) is 3.90. The van der Waals surface area contributed by atoms with Crippen LogP contribution >= 0.6 is 15.9 Å². The normalized spacial score (nSPS) is 12.2. The van der Waals surface area contributed by atoms with E-state index in [-0.39, 0.29) is 17.7 Å². The first-order valence-electron chi connectivity index (χ1n) is 6.52. The summed E-state index contributed by atoms with van der Waals surface area (Å²) < 4.78 is 32.5. The first-order chi connectivity index (χ1) is 10.0. The topological polar surface area (TPSA) is 21.3 Å². The summed E-state index contributed by atoms with van der Waals surface area (Å²) in [6, 6.07) is 9.24. The van der Waals surface area contributed by atoms with E-state index in [4.69, 9.17) is 4.74 Å². The van der Waals surface area contributed by atoms with Gasteiger partial charge in [-0.3, -0.25) is 0 Å². The second-order valence-electron chi connectivity index (χ2n) is 4.74. The van der Waals surface area contributed by atoms with Crippen molar-refractivity contribution in [1.82, 2.24) is 5.32 Å². The van der Waals surface area contributed by atoms with Crippen LogP contribution in [0.5, 0.6) is 5.75 Å². The van der Waals surface area contributed by atoms with Gasteiger partial charge in [-0.05, 0) is 58.7 Å². The van der Waals surface area contributed by atoms with Crippen LogP contribution in [0.3, 0.4) is 0 Å². The molecular weight excluding hydrogens is 340 g/mol. The molecule has 1 atom stereocenters. The number of halogens is 3. The third-order valence-electron chi connectivity index (χ3n) is 3.25. The van der Waals surface area contributed by atoms with Crippen molar-refractivity contribution in [2.24, 2.45) is 0 Å². The van der Waals surface area contributed by atoms with Crippen LogP contribution in [-0.2, 0) is 6.54 Å². The largest absolute Gasteiger partial charge is 0.496 e. The van der Waals surface area contributed by atoms with Gasteiger partial charge in [0.1, 0.15) is 17.4 Å². The molecule has 1 N–H and O–H groups in total. The van der Waals surface area contributed by atoms with E-state index >= 15 is 0 Å². The first kappa shape index (κ1) is 15.9. The van der Waals surface area contributed by atoms with Gasteiger partial charge in [-0.25, -0.2) is 8.78 Å². The molecule has 0 spiro atoms. The van der Waals surface area contributed by atoms with Crippen molar-refractivity contribution in [3.05, 3.63) is 63.6 Å². The number of ether oxygens (including phenoxy) is 1. The van der Waals surface area contributed by atoms with E-state index in [1.54, 1.807) is 19.2 Å². The van der Waals surface area contributed by atoms with Crippen molar-refractivity contribution in [3.63, 3.8) is 0 Å². The summed E-state index contributed by atoms with van der Waals surface area (Å²) in [4.78, 5) is 0. The predicted molar refractivity (Wildman–Crippen MR) is 82.3 cm³/mol. The summed E-state index contributed by atoms with van der Waals surface area (Å²) in [5.74, 6) is 0.0119. The zero-order chi connectivity index (χ0) is 15.4. The van der Waals surface area contributed by atoms with Crippen LogP contribution in [0.4, 0.5) is 8.78 Å². The molecule has 0 aromatic heterocycles. The van der Waals surface area contributed by atoms with Crippen LogP contribution in [0.2, 0.25) is 0 Å². The Balaban J connectivity index is 2.09. The fourth-order valence-electron chi connectivity index (χ4n) is 2.07. The van der Waals surface area contributed by atoms with Crippen molar-refractivity contribution >= 4 is 15.9 Å². The highest BCUT2D eigenvalue weighted by molar-refractivity contribution is 9.10. The minimum atomic E-state index is -0.311. The van der Waals surface area contributed by atoms with Gasteiger partial charge >= 0.3 is 0 Å². The fourth-order valence-corrected chi connectivity index (χ4v) is 2.32. The molecule has 2 aromatic rings. The van der Waals surface area contributed by atoms with Crippen molar-refractivity contribution < 1.29 is 13.5 Å². The lowest BCUT2D eigenvalue weighted by Gasteiger charge is -2.17. The van der Waals surface area contributed by atoms with Gasteiger partial charge < -0.3 is 10.1 Å². The molecule has 0 aliphatic heterocycles. The van der Waals surface area contributed by atoms with Crippen molar-refractivity contribution in [2.45, 2.75) is 19.5 Å². The zero-order valence-electron chi connectivity index (χ0n) is 11.8. The molecule has 1 unspecified atom stereocenters. The molecule has 2 rings (SSSR count). The van der Waals surface area contributed by atoms with Crippen molar-refractivity contribution in [1.29, 1.82) is 0 Å². The average Bonchev–Trinajstić information content (AvgIpc) is 2.48. The fraction of sp³-hybridized carbons (Fsp3) is 0.250. The van der Waals surface area contributed by atoms with E-state index in [0.717, 1.165) is 11.1 Å². The summed E-state index contributed by atoms with van der Waals surface area (Å²) in [7, 11) is 1.55. The Labute approximate surface area is 131 Å². The SMILES string of the molecule is COc1ccc(F)cc1C(C)NCc1ccc(Br)c(F)c1. The molecule has 2 aromatic carbocycles. The zero-order valence-corrected chi connectivity index (χ0v) is 13.4. The van der Waals surface area contributed by atoms with Gasteiger partial charge in [-0.2, -0.15) is 0 Å². The van der Waals surface area contributed by atoms with Crippen molar-refractivity contribution in [3.8, 4) is 5.75 Å². The van der Waals surface area contributed by atoms with Gasteiger partial charge in [0.2, 0.25) is 0 Å². The number of nitrogens with one attached hydrogen (secondary N) is 1. The van der Waals surface area contributed by atoms with Gasteiger partial charge in [0.05, 0.1) is 11.6 Å². The first-order valence-corrected chi connectivity index (χ1v) is 7.31. The lowest BCUT2D eigenvalue weighted by atomic mass is 10.1. The van der Waals surface area contributed by atoms with Crippen LogP contribution in [0, 0.1) is 11.6 Å². The number of rotatable bonds is 5. The Morgan fingerprint density at radius 2 is 1.95 bits per heavy atom. The number of benzene rings is 2. The Bertz CT molecular complexity index is 634. The summed E-state index contributed by atoms with van der Waals surface area (Å²) in [6.07, 6.45) is 0. The summed E-state index contributed by atoms with van der Waals surface area (Å²) in [5, 5.41) is 3.24. The molecule has 0 radical (unpaired) electrons. The second kappa shape index (κ2) is 7.00. The summed E-state index contributed by atoms with van der Waals surface area (Å²) >= 11 is 3.12. The van der Waals surface area contributed by atoms with Crippen LogP contribution < -0.4 is 10.1 Å². The van der Waals surface area contributed by atoms with E-state index in [1.165, 1.54) is 18.2 Å². The van der Waals surface area contributed by atoms with Gasteiger partial charge in [0, 0.05) is 18.2 Å².